The molecule has 1 unspecified atom stereocenters. The molecule has 22 heavy (non-hydrogen) atoms. The van der Waals surface area contributed by atoms with Gasteiger partial charge in [0, 0.05) is 10.8 Å². The predicted octanol–water partition coefficient (Wildman–Crippen LogP) is 2.61. The van der Waals surface area contributed by atoms with Gasteiger partial charge in [-0.25, -0.2) is 4.68 Å². The van der Waals surface area contributed by atoms with Crippen LogP contribution in [0.25, 0.3) is 0 Å². The molecule has 0 aliphatic heterocycles. The maximum absolute atomic E-state index is 10.0. The molecule has 0 spiro atoms. The zero-order valence-corrected chi connectivity index (χ0v) is 14.3. The molecule has 1 heterocycles. The van der Waals surface area contributed by atoms with E-state index in [9.17, 15) is 5.11 Å². The first-order valence-corrected chi connectivity index (χ1v) is 8.21. The molecule has 2 rings (SSSR count). The minimum atomic E-state index is -0.620. The number of halogens is 1. The van der Waals surface area contributed by atoms with Crippen LogP contribution in [0.4, 0.5) is 0 Å². The van der Waals surface area contributed by atoms with Gasteiger partial charge in [0.15, 0.2) is 0 Å². The van der Waals surface area contributed by atoms with Crippen LogP contribution in [0.1, 0.15) is 20.8 Å². The van der Waals surface area contributed by atoms with E-state index in [-0.39, 0.29) is 12.1 Å². The van der Waals surface area contributed by atoms with Crippen LogP contribution in [0.5, 0.6) is 5.75 Å². The third kappa shape index (κ3) is 4.86. The van der Waals surface area contributed by atoms with Gasteiger partial charge in [0.2, 0.25) is 5.16 Å². The molecule has 0 aliphatic rings. The van der Waals surface area contributed by atoms with Crippen molar-refractivity contribution in [1.29, 1.82) is 0 Å². The summed E-state index contributed by atoms with van der Waals surface area (Å²) in [6.45, 7) is 6.26. The molecule has 0 radical (unpaired) electrons. The van der Waals surface area contributed by atoms with E-state index in [1.165, 1.54) is 11.8 Å². The topological polar surface area (TPSA) is 73.1 Å². The van der Waals surface area contributed by atoms with Gasteiger partial charge < -0.3 is 9.84 Å². The normalized spacial score (nSPS) is 13.1. The van der Waals surface area contributed by atoms with Gasteiger partial charge in [-0.3, -0.25) is 0 Å². The zero-order valence-electron chi connectivity index (χ0n) is 12.7. The highest BCUT2D eigenvalue weighted by Crippen LogP contribution is 2.22. The fourth-order valence-electron chi connectivity index (χ4n) is 1.63. The summed E-state index contributed by atoms with van der Waals surface area (Å²) in [4.78, 5) is 0. The smallest absolute Gasteiger partial charge is 0.209 e. The van der Waals surface area contributed by atoms with E-state index in [4.69, 9.17) is 16.3 Å². The Morgan fingerprint density at radius 2 is 2.00 bits per heavy atom. The van der Waals surface area contributed by atoms with E-state index < -0.39 is 6.10 Å². The van der Waals surface area contributed by atoms with E-state index >= 15 is 0 Å². The standard InChI is InChI=1S/C14H19ClN4O2S/c1-14(2,3)19-13(16-17-18-19)22-9-11(20)8-21-12-6-4-10(15)5-7-12/h4-7,11,20H,8-9H2,1-3H3. The number of hydrogen-bond donors (Lipinski definition) is 1. The van der Waals surface area contributed by atoms with Crippen molar-refractivity contribution >= 4 is 23.4 Å². The molecule has 1 aromatic carbocycles. The minimum Gasteiger partial charge on any atom is -0.491 e. The molecule has 120 valence electrons. The van der Waals surface area contributed by atoms with E-state index in [0.717, 1.165) is 0 Å². The highest BCUT2D eigenvalue weighted by Gasteiger charge is 2.20. The van der Waals surface area contributed by atoms with E-state index in [2.05, 4.69) is 15.5 Å². The summed E-state index contributed by atoms with van der Waals surface area (Å²) < 4.78 is 7.25. The lowest BCUT2D eigenvalue weighted by Crippen LogP contribution is -2.25. The third-order valence-electron chi connectivity index (χ3n) is 2.74. The quantitative estimate of drug-likeness (QED) is 0.813. The van der Waals surface area contributed by atoms with E-state index in [1.54, 1.807) is 28.9 Å². The molecule has 0 fully saturated rings. The average Bonchev–Trinajstić information content (AvgIpc) is 2.93. The second-order valence-electron chi connectivity index (χ2n) is 5.77. The first-order chi connectivity index (χ1) is 10.4. The van der Waals surface area contributed by atoms with Crippen molar-refractivity contribution in [2.24, 2.45) is 0 Å². The number of aliphatic hydroxyl groups is 1. The fourth-order valence-corrected chi connectivity index (χ4v) is 2.72. The van der Waals surface area contributed by atoms with Gasteiger partial charge in [0.1, 0.15) is 12.4 Å². The molecule has 0 bridgehead atoms. The summed E-state index contributed by atoms with van der Waals surface area (Å²) in [6.07, 6.45) is -0.620. The fraction of sp³-hybridized carbons (Fsp3) is 0.500. The van der Waals surface area contributed by atoms with Crippen LogP contribution in [0, 0.1) is 0 Å². The molecule has 0 amide bonds. The molecule has 1 atom stereocenters. The molecule has 1 aromatic heterocycles. The van der Waals surface area contributed by atoms with Crippen molar-refractivity contribution < 1.29 is 9.84 Å². The van der Waals surface area contributed by atoms with Crippen molar-refractivity contribution in [2.45, 2.75) is 37.6 Å². The van der Waals surface area contributed by atoms with Gasteiger partial charge in [0.05, 0.1) is 11.6 Å². The summed E-state index contributed by atoms with van der Waals surface area (Å²) in [6, 6.07) is 7.02. The number of thioether (sulfide) groups is 1. The van der Waals surface area contributed by atoms with Crippen molar-refractivity contribution in [1.82, 2.24) is 20.2 Å². The van der Waals surface area contributed by atoms with Crippen molar-refractivity contribution in [3.8, 4) is 5.75 Å². The molecular formula is C14H19ClN4O2S. The Hall–Kier alpha value is -1.31. The molecule has 1 N–H and O–H groups in total. The van der Waals surface area contributed by atoms with E-state index in [0.29, 0.717) is 21.7 Å². The van der Waals surface area contributed by atoms with Crippen LogP contribution in [-0.2, 0) is 5.54 Å². The SMILES string of the molecule is CC(C)(C)n1nnnc1SCC(O)COc1ccc(Cl)cc1. The number of benzene rings is 1. The second kappa shape index (κ2) is 7.30. The van der Waals surface area contributed by atoms with Gasteiger partial charge in [-0.15, -0.1) is 5.10 Å². The minimum absolute atomic E-state index is 0.198. The molecule has 2 aromatic rings. The number of rotatable bonds is 6. The highest BCUT2D eigenvalue weighted by molar-refractivity contribution is 7.99. The number of ether oxygens (including phenoxy) is 1. The number of nitrogens with zero attached hydrogens (tertiary/aromatic N) is 4. The Labute approximate surface area is 138 Å². The van der Waals surface area contributed by atoms with Gasteiger partial charge in [-0.2, -0.15) is 0 Å². The van der Waals surface area contributed by atoms with Crippen molar-refractivity contribution in [3.05, 3.63) is 29.3 Å². The molecule has 8 heteroatoms. The largest absolute Gasteiger partial charge is 0.491 e. The van der Waals surface area contributed by atoms with Crippen LogP contribution in [0.15, 0.2) is 29.4 Å². The summed E-state index contributed by atoms with van der Waals surface area (Å²) in [7, 11) is 0. The Bertz CT molecular complexity index is 598. The molecule has 6 nitrogen and oxygen atoms in total. The van der Waals surface area contributed by atoms with E-state index in [1.807, 2.05) is 20.8 Å². The number of aromatic nitrogens is 4. The summed E-state index contributed by atoms with van der Waals surface area (Å²) >= 11 is 7.21. The second-order valence-corrected chi connectivity index (χ2v) is 7.20. The Morgan fingerprint density at radius 3 is 2.64 bits per heavy atom. The lowest BCUT2D eigenvalue weighted by molar-refractivity contribution is 0.126. The first kappa shape index (κ1) is 17.1. The van der Waals surface area contributed by atoms with Crippen LogP contribution in [-0.4, -0.2) is 43.8 Å². The summed E-state index contributed by atoms with van der Waals surface area (Å²) in [5, 5.41) is 23.0. The maximum Gasteiger partial charge on any atom is 0.209 e. The maximum atomic E-state index is 10.0. The average molecular weight is 343 g/mol. The third-order valence-corrected chi connectivity index (χ3v) is 4.05. The van der Waals surface area contributed by atoms with Crippen molar-refractivity contribution in [2.75, 3.05) is 12.4 Å². The number of hydrogen-bond acceptors (Lipinski definition) is 6. The molecule has 0 saturated carbocycles. The lowest BCUT2D eigenvalue weighted by atomic mass is 10.1. The number of tetrazole rings is 1. The van der Waals surface area contributed by atoms with Gasteiger partial charge in [0.25, 0.3) is 0 Å². The molecule has 0 saturated heterocycles. The first-order valence-electron chi connectivity index (χ1n) is 6.84. The monoisotopic (exact) mass is 342 g/mol. The van der Waals surface area contributed by atoms with Gasteiger partial charge in [-0.1, -0.05) is 23.4 Å². The molecule has 0 aliphatic carbocycles. The molecular weight excluding hydrogens is 324 g/mol. The summed E-state index contributed by atoms with van der Waals surface area (Å²) in [5.41, 5.74) is -0.198. The van der Waals surface area contributed by atoms with Crippen LogP contribution < -0.4 is 4.74 Å². The van der Waals surface area contributed by atoms with Crippen LogP contribution >= 0.6 is 23.4 Å². The predicted molar refractivity (Wildman–Crippen MR) is 86.5 cm³/mol. The Kier molecular flexibility index (Phi) is 5.66. The lowest BCUT2D eigenvalue weighted by Gasteiger charge is -2.19. The highest BCUT2D eigenvalue weighted by atomic mass is 35.5. The van der Waals surface area contributed by atoms with Crippen LogP contribution in [0.2, 0.25) is 5.02 Å². The summed E-state index contributed by atoms with van der Waals surface area (Å²) in [5.74, 6) is 1.12. The van der Waals surface area contributed by atoms with Gasteiger partial charge in [-0.05, 0) is 55.5 Å². The Morgan fingerprint density at radius 1 is 1.32 bits per heavy atom. The zero-order chi connectivity index (χ0) is 16.2. The number of aliphatic hydroxyl groups excluding tert-OH is 1. The van der Waals surface area contributed by atoms with Crippen molar-refractivity contribution in [3.63, 3.8) is 0 Å². The van der Waals surface area contributed by atoms with Gasteiger partial charge >= 0.3 is 0 Å². The van der Waals surface area contributed by atoms with Crippen LogP contribution in [0.3, 0.4) is 0 Å². The Balaban J connectivity index is 1.82.